The van der Waals surface area contributed by atoms with E-state index in [1.54, 1.807) is 38.1 Å². The van der Waals surface area contributed by atoms with Crippen molar-refractivity contribution in [2.45, 2.75) is 13.8 Å². The Morgan fingerprint density at radius 3 is 2.28 bits per heavy atom. The molecule has 0 spiro atoms. The van der Waals surface area contributed by atoms with Crippen LogP contribution in [0.15, 0.2) is 62.7 Å². The van der Waals surface area contributed by atoms with Gasteiger partial charge in [0.1, 0.15) is 0 Å². The Kier molecular flexibility index (Phi) is 6.39. The van der Waals surface area contributed by atoms with Gasteiger partial charge in [-0.15, -0.1) is 0 Å². The van der Waals surface area contributed by atoms with Crippen molar-refractivity contribution in [3.05, 3.63) is 87.0 Å². The first kappa shape index (κ1) is 21.9. The van der Waals surface area contributed by atoms with Gasteiger partial charge in [0, 0.05) is 17.4 Å². The van der Waals surface area contributed by atoms with E-state index in [1.807, 2.05) is 6.07 Å². The molecule has 1 aromatic heterocycles. The lowest BCUT2D eigenvalue weighted by Crippen LogP contribution is -2.19. The van der Waals surface area contributed by atoms with Gasteiger partial charge < -0.3 is 15.1 Å². The van der Waals surface area contributed by atoms with E-state index in [0.29, 0.717) is 28.1 Å². The molecule has 1 heterocycles. The zero-order valence-electron chi connectivity index (χ0n) is 17.1. The van der Waals surface area contributed by atoms with E-state index >= 15 is 0 Å². The van der Waals surface area contributed by atoms with Gasteiger partial charge in [0.05, 0.1) is 22.9 Å². The predicted molar refractivity (Wildman–Crippen MR) is 116 cm³/mol. The molecular formula is C23H16N4O5. The molecule has 2 N–H and O–H groups in total. The second kappa shape index (κ2) is 9.34. The first-order chi connectivity index (χ1) is 15.3. The number of aryl methyl sites for hydroxylation is 2. The number of hydrogen-bond donors (Lipinski definition) is 2. The number of carbonyl (C=O) groups excluding carboxylic acids is 3. The van der Waals surface area contributed by atoms with Crippen molar-refractivity contribution in [3.8, 4) is 6.07 Å². The third-order valence-electron chi connectivity index (χ3n) is 4.52. The van der Waals surface area contributed by atoms with Crippen LogP contribution in [0.4, 0.5) is 17.1 Å². The van der Waals surface area contributed by atoms with Gasteiger partial charge in [0.15, 0.2) is 5.76 Å². The molecule has 9 nitrogen and oxygen atoms in total. The van der Waals surface area contributed by atoms with E-state index in [-0.39, 0.29) is 17.0 Å². The molecule has 0 atom stereocenters. The number of nitriles is 1. The number of isocyanates is 1. The van der Waals surface area contributed by atoms with Crippen LogP contribution in [0.2, 0.25) is 0 Å². The van der Waals surface area contributed by atoms with E-state index in [1.165, 1.54) is 18.2 Å². The third kappa shape index (κ3) is 5.02. The highest BCUT2D eigenvalue weighted by molar-refractivity contribution is 6.07. The summed E-state index contributed by atoms with van der Waals surface area (Å²) in [5.41, 5.74) is 1.79. The number of benzene rings is 2. The van der Waals surface area contributed by atoms with Gasteiger partial charge in [0.2, 0.25) is 6.08 Å². The summed E-state index contributed by atoms with van der Waals surface area (Å²) in [7, 11) is 0. The quantitative estimate of drug-likeness (QED) is 0.470. The fourth-order valence-electron chi connectivity index (χ4n) is 2.79. The lowest BCUT2D eigenvalue weighted by molar-refractivity contribution is 0.0991. The Labute approximate surface area is 182 Å². The lowest BCUT2D eigenvalue weighted by Gasteiger charge is -2.10. The molecule has 158 valence electrons. The number of aliphatic imine (C=N–C) groups is 1. The minimum atomic E-state index is -0.888. The van der Waals surface area contributed by atoms with Crippen LogP contribution in [-0.2, 0) is 4.79 Å². The lowest BCUT2D eigenvalue weighted by atomic mass is 10.1. The van der Waals surface area contributed by atoms with Crippen molar-refractivity contribution in [3.63, 3.8) is 0 Å². The van der Waals surface area contributed by atoms with Gasteiger partial charge in [-0.2, -0.15) is 10.3 Å². The first-order valence-electron chi connectivity index (χ1n) is 9.28. The molecule has 0 bridgehead atoms. The minimum Gasteiger partial charge on any atom is -0.417 e. The summed E-state index contributed by atoms with van der Waals surface area (Å²) < 4.78 is 4.95. The Hall–Kier alpha value is -4.80. The van der Waals surface area contributed by atoms with E-state index < -0.39 is 17.4 Å². The van der Waals surface area contributed by atoms with Crippen molar-refractivity contribution in [2.75, 3.05) is 10.6 Å². The van der Waals surface area contributed by atoms with Crippen molar-refractivity contribution in [2.24, 2.45) is 4.99 Å². The molecule has 0 saturated carbocycles. The fraction of sp³-hybridized carbons (Fsp3) is 0.0870. The second-order valence-electron chi connectivity index (χ2n) is 6.78. The Morgan fingerprint density at radius 1 is 0.938 bits per heavy atom. The van der Waals surface area contributed by atoms with Crippen molar-refractivity contribution >= 4 is 35.0 Å². The normalized spacial score (nSPS) is 9.91. The first-order valence-corrected chi connectivity index (χ1v) is 9.28. The molecule has 0 aliphatic rings. The minimum absolute atomic E-state index is 0.0933. The zero-order valence-corrected chi connectivity index (χ0v) is 17.1. The average Bonchev–Trinajstić information content (AvgIpc) is 2.77. The second-order valence-corrected chi connectivity index (χ2v) is 6.78. The van der Waals surface area contributed by atoms with Crippen LogP contribution in [0.1, 0.15) is 37.6 Å². The zero-order chi connectivity index (χ0) is 23.3. The van der Waals surface area contributed by atoms with E-state index in [0.717, 1.165) is 12.1 Å². The van der Waals surface area contributed by atoms with Gasteiger partial charge >= 0.3 is 5.63 Å². The summed E-state index contributed by atoms with van der Waals surface area (Å²) in [4.78, 5) is 51.2. The molecule has 0 fully saturated rings. The van der Waals surface area contributed by atoms with E-state index in [2.05, 4.69) is 15.6 Å². The molecule has 0 aliphatic heterocycles. The molecule has 0 unspecified atom stereocenters. The van der Waals surface area contributed by atoms with Gasteiger partial charge in [-0.3, -0.25) is 9.59 Å². The number of hydrogen-bond acceptors (Lipinski definition) is 7. The van der Waals surface area contributed by atoms with Gasteiger partial charge in [-0.1, -0.05) is 12.1 Å². The molecule has 0 radical (unpaired) electrons. The summed E-state index contributed by atoms with van der Waals surface area (Å²) in [5.74, 6) is -1.80. The molecule has 32 heavy (non-hydrogen) atoms. The van der Waals surface area contributed by atoms with Crippen LogP contribution in [0.5, 0.6) is 0 Å². The number of anilines is 2. The number of amides is 2. The Bertz CT molecular complexity index is 1380. The molecule has 3 rings (SSSR count). The van der Waals surface area contributed by atoms with Crippen molar-refractivity contribution < 1.29 is 18.8 Å². The molecule has 2 amide bonds. The average molecular weight is 428 g/mol. The topological polar surface area (TPSA) is 142 Å². The van der Waals surface area contributed by atoms with E-state index in [9.17, 15) is 19.2 Å². The highest BCUT2D eigenvalue weighted by Crippen LogP contribution is 2.23. The molecule has 2 aromatic carbocycles. The summed E-state index contributed by atoms with van der Waals surface area (Å²) in [6.45, 7) is 3.47. The van der Waals surface area contributed by atoms with Crippen LogP contribution in [0.25, 0.3) is 0 Å². The highest BCUT2D eigenvalue weighted by atomic mass is 16.4. The molecule has 9 heteroatoms. The van der Waals surface area contributed by atoms with Crippen LogP contribution in [0, 0.1) is 25.2 Å². The maximum Gasteiger partial charge on any atom is 0.337 e. The molecule has 3 aromatic rings. The van der Waals surface area contributed by atoms with Crippen molar-refractivity contribution in [1.29, 1.82) is 5.26 Å². The fourth-order valence-corrected chi connectivity index (χ4v) is 2.79. The number of carbonyl (C=O) groups is 2. The summed E-state index contributed by atoms with van der Waals surface area (Å²) in [5, 5.41) is 14.2. The van der Waals surface area contributed by atoms with Crippen molar-refractivity contribution in [1.82, 2.24) is 0 Å². The Balaban J connectivity index is 1.87. The largest absolute Gasteiger partial charge is 0.417 e. The third-order valence-corrected chi connectivity index (χ3v) is 4.52. The molecule has 0 aliphatic carbocycles. The van der Waals surface area contributed by atoms with Crippen LogP contribution in [0.3, 0.4) is 0 Å². The molecule has 0 saturated heterocycles. The van der Waals surface area contributed by atoms with E-state index in [4.69, 9.17) is 9.68 Å². The highest BCUT2D eigenvalue weighted by Gasteiger charge is 2.17. The van der Waals surface area contributed by atoms with Gasteiger partial charge in [0.25, 0.3) is 11.8 Å². The summed E-state index contributed by atoms with van der Waals surface area (Å²) in [6.07, 6.45) is 1.41. The van der Waals surface area contributed by atoms with Gasteiger partial charge in [-0.05, 0) is 55.3 Å². The predicted octanol–water partition coefficient (Wildman–Crippen LogP) is 3.60. The monoisotopic (exact) mass is 428 g/mol. The summed E-state index contributed by atoms with van der Waals surface area (Å²) >= 11 is 0. The molecular weight excluding hydrogens is 412 g/mol. The maximum absolute atomic E-state index is 12.7. The van der Waals surface area contributed by atoms with Gasteiger partial charge in [-0.25, -0.2) is 9.59 Å². The SMILES string of the molecule is Cc1ccc(C#N)cc1NC(=O)c1cc(C(=O)Nc2cc(N=C=O)ccc2C)oc(=O)c1. The van der Waals surface area contributed by atoms with Crippen LogP contribution in [-0.4, -0.2) is 17.9 Å². The standard InChI is InChI=1S/C23H16N4O5/c1-13-3-5-15(11-24)7-18(13)26-22(30)16-8-20(32-21(29)9-16)23(31)27-19-10-17(25-12-28)6-4-14(19)2/h3-10H,1-2H3,(H,26,30)(H,27,31). The maximum atomic E-state index is 12.7. The summed E-state index contributed by atoms with van der Waals surface area (Å²) in [6, 6.07) is 13.5. The Morgan fingerprint density at radius 2 is 1.59 bits per heavy atom. The van der Waals surface area contributed by atoms with Crippen LogP contribution >= 0.6 is 0 Å². The number of rotatable bonds is 5. The van der Waals surface area contributed by atoms with Crippen LogP contribution < -0.4 is 16.3 Å². The number of nitrogens with zero attached hydrogens (tertiary/aromatic N) is 2. The smallest absolute Gasteiger partial charge is 0.337 e. The number of nitrogens with one attached hydrogen (secondary N) is 2.